The number of amides is 1. The van der Waals surface area contributed by atoms with Gasteiger partial charge in [0, 0.05) is 18.3 Å². The van der Waals surface area contributed by atoms with Crippen LogP contribution in [0.1, 0.15) is 28.4 Å². The van der Waals surface area contributed by atoms with Crippen molar-refractivity contribution in [2.45, 2.75) is 18.6 Å². The molecule has 2 heterocycles. The molecule has 23 heavy (non-hydrogen) atoms. The van der Waals surface area contributed by atoms with Crippen molar-refractivity contribution >= 4 is 5.91 Å². The van der Waals surface area contributed by atoms with Gasteiger partial charge in [-0.2, -0.15) is 0 Å². The topological polar surface area (TPSA) is 73.7 Å². The number of hydrogen-bond donors (Lipinski definition) is 2. The highest BCUT2D eigenvalue weighted by Gasteiger charge is 2.37. The van der Waals surface area contributed by atoms with Crippen LogP contribution in [-0.2, 0) is 0 Å². The first kappa shape index (κ1) is 15.4. The van der Waals surface area contributed by atoms with Gasteiger partial charge in [0.25, 0.3) is 5.91 Å². The molecule has 3 rings (SSSR count). The summed E-state index contributed by atoms with van der Waals surface area (Å²) in [5.41, 5.74) is 0.129. The van der Waals surface area contributed by atoms with Gasteiger partial charge in [-0.25, -0.2) is 8.78 Å². The van der Waals surface area contributed by atoms with Crippen LogP contribution in [0.5, 0.6) is 5.75 Å². The standard InChI is InChI=1S/C16H14F2N2O3/c17-10-1-2-14(18)13(4-10)15-5-12(22)8-20(15)16(23)9-3-11(21)7-19-6-9/h1-4,6-7,12,15,21-22H,5,8H2/t12-,15-/m1/s1. The molecule has 7 heteroatoms. The number of aromatic hydroxyl groups is 1. The van der Waals surface area contributed by atoms with Crippen molar-refractivity contribution in [3.05, 3.63) is 59.4 Å². The molecule has 5 nitrogen and oxygen atoms in total. The van der Waals surface area contributed by atoms with Gasteiger partial charge >= 0.3 is 0 Å². The quantitative estimate of drug-likeness (QED) is 0.888. The Bertz CT molecular complexity index is 754. The summed E-state index contributed by atoms with van der Waals surface area (Å²) in [6, 6.07) is 3.47. The average Bonchev–Trinajstić information content (AvgIpc) is 2.90. The minimum Gasteiger partial charge on any atom is -0.506 e. The molecule has 0 aliphatic carbocycles. The lowest BCUT2D eigenvalue weighted by Crippen LogP contribution is -2.32. The van der Waals surface area contributed by atoms with E-state index in [0.29, 0.717) is 0 Å². The molecule has 2 atom stereocenters. The maximum Gasteiger partial charge on any atom is 0.256 e. The third kappa shape index (κ3) is 3.00. The number of aliphatic hydroxyl groups excluding tert-OH is 1. The number of benzene rings is 1. The fourth-order valence-corrected chi connectivity index (χ4v) is 2.81. The molecule has 120 valence electrons. The van der Waals surface area contributed by atoms with Crippen molar-refractivity contribution in [1.82, 2.24) is 9.88 Å². The molecule has 1 aliphatic heterocycles. The Kier molecular flexibility index (Phi) is 3.96. The Morgan fingerprint density at radius 2 is 2.04 bits per heavy atom. The lowest BCUT2D eigenvalue weighted by Gasteiger charge is -2.25. The number of pyridine rings is 1. The molecule has 1 aliphatic rings. The minimum atomic E-state index is -0.836. The summed E-state index contributed by atoms with van der Waals surface area (Å²) >= 11 is 0. The van der Waals surface area contributed by atoms with Crippen LogP contribution in [0.15, 0.2) is 36.7 Å². The lowest BCUT2D eigenvalue weighted by atomic mass is 10.0. The van der Waals surface area contributed by atoms with Gasteiger partial charge in [-0.15, -0.1) is 0 Å². The van der Waals surface area contributed by atoms with E-state index in [2.05, 4.69) is 4.98 Å². The number of nitrogens with zero attached hydrogens (tertiary/aromatic N) is 2. The van der Waals surface area contributed by atoms with Gasteiger partial charge in [-0.05, 0) is 30.7 Å². The van der Waals surface area contributed by atoms with Gasteiger partial charge in [-0.1, -0.05) is 0 Å². The van der Waals surface area contributed by atoms with E-state index >= 15 is 0 Å². The monoisotopic (exact) mass is 320 g/mol. The first-order valence-corrected chi connectivity index (χ1v) is 7.03. The van der Waals surface area contributed by atoms with E-state index in [4.69, 9.17) is 0 Å². The van der Waals surface area contributed by atoms with Crippen LogP contribution in [0.25, 0.3) is 0 Å². The number of aliphatic hydroxyl groups is 1. The molecule has 1 fully saturated rings. The molecule has 1 aromatic heterocycles. The number of carbonyl (C=O) groups excluding carboxylic acids is 1. The molecule has 0 spiro atoms. The Balaban J connectivity index is 1.97. The lowest BCUT2D eigenvalue weighted by molar-refractivity contribution is 0.0713. The maximum atomic E-state index is 14.0. The van der Waals surface area contributed by atoms with Crippen LogP contribution in [0.4, 0.5) is 8.78 Å². The Hall–Kier alpha value is -2.54. The van der Waals surface area contributed by atoms with Crippen molar-refractivity contribution in [2.75, 3.05) is 6.54 Å². The van der Waals surface area contributed by atoms with Crippen LogP contribution >= 0.6 is 0 Å². The zero-order valence-electron chi connectivity index (χ0n) is 12.0. The Morgan fingerprint density at radius 3 is 2.78 bits per heavy atom. The molecule has 1 amide bonds. The zero-order chi connectivity index (χ0) is 16.6. The molecule has 1 saturated heterocycles. The van der Waals surface area contributed by atoms with E-state index in [9.17, 15) is 23.8 Å². The number of carbonyl (C=O) groups is 1. The van der Waals surface area contributed by atoms with E-state index in [0.717, 1.165) is 18.2 Å². The largest absolute Gasteiger partial charge is 0.506 e. The number of hydrogen-bond acceptors (Lipinski definition) is 4. The third-order valence-electron chi connectivity index (χ3n) is 3.83. The number of aromatic nitrogens is 1. The van der Waals surface area contributed by atoms with Gasteiger partial charge in [-0.3, -0.25) is 9.78 Å². The minimum absolute atomic E-state index is 0.00485. The summed E-state index contributed by atoms with van der Waals surface area (Å²) in [5, 5.41) is 19.3. The number of halogens is 2. The van der Waals surface area contributed by atoms with E-state index in [1.807, 2.05) is 0 Å². The van der Waals surface area contributed by atoms with Crippen molar-refractivity contribution in [3.8, 4) is 5.75 Å². The molecular formula is C16H14F2N2O3. The second kappa shape index (κ2) is 5.92. The molecule has 1 aromatic carbocycles. The third-order valence-corrected chi connectivity index (χ3v) is 3.83. The van der Waals surface area contributed by atoms with Gasteiger partial charge in [0.05, 0.1) is 23.9 Å². The molecule has 0 bridgehead atoms. The predicted molar refractivity (Wildman–Crippen MR) is 76.7 cm³/mol. The number of likely N-dealkylation sites (tertiary alicyclic amines) is 1. The molecule has 2 N–H and O–H groups in total. The summed E-state index contributed by atoms with van der Waals surface area (Å²) in [6.07, 6.45) is 1.72. The molecule has 2 aromatic rings. The van der Waals surface area contributed by atoms with Crippen LogP contribution in [-0.4, -0.2) is 38.7 Å². The van der Waals surface area contributed by atoms with Gasteiger partial charge < -0.3 is 15.1 Å². The van der Waals surface area contributed by atoms with Crippen molar-refractivity contribution < 1.29 is 23.8 Å². The van der Waals surface area contributed by atoms with Gasteiger partial charge in [0.15, 0.2) is 0 Å². The highest BCUT2D eigenvalue weighted by molar-refractivity contribution is 5.94. The van der Waals surface area contributed by atoms with E-state index < -0.39 is 29.7 Å². The molecular weight excluding hydrogens is 306 g/mol. The smallest absolute Gasteiger partial charge is 0.256 e. The van der Waals surface area contributed by atoms with Gasteiger partial charge in [0.2, 0.25) is 0 Å². The van der Waals surface area contributed by atoms with Crippen molar-refractivity contribution in [1.29, 1.82) is 0 Å². The first-order chi connectivity index (χ1) is 11.0. The molecule has 0 unspecified atom stereocenters. The Labute approximate surface area is 130 Å². The maximum absolute atomic E-state index is 14.0. The summed E-state index contributed by atoms with van der Waals surface area (Å²) in [5.74, 6) is -1.95. The summed E-state index contributed by atoms with van der Waals surface area (Å²) in [4.78, 5) is 17.6. The fourth-order valence-electron chi connectivity index (χ4n) is 2.81. The molecule has 0 radical (unpaired) electrons. The molecule has 0 saturated carbocycles. The highest BCUT2D eigenvalue weighted by Crippen LogP contribution is 2.35. The summed E-state index contributed by atoms with van der Waals surface area (Å²) in [6.45, 7) is -0.00485. The zero-order valence-corrected chi connectivity index (χ0v) is 12.0. The predicted octanol–water partition coefficient (Wildman–Crippen LogP) is 2.01. The fraction of sp³-hybridized carbons (Fsp3) is 0.250. The second-order valence-electron chi connectivity index (χ2n) is 5.46. The van der Waals surface area contributed by atoms with Crippen LogP contribution < -0.4 is 0 Å². The van der Waals surface area contributed by atoms with E-state index in [1.165, 1.54) is 23.4 Å². The van der Waals surface area contributed by atoms with Crippen LogP contribution in [0.2, 0.25) is 0 Å². The summed E-state index contributed by atoms with van der Waals surface area (Å²) < 4.78 is 27.4. The SMILES string of the molecule is O=C(c1cncc(O)c1)N1C[C@H](O)C[C@@H]1c1cc(F)ccc1F. The number of β-amino-alcohol motifs (C(OH)–C–C–N with tert-alkyl or cyclic N) is 1. The number of rotatable bonds is 2. The van der Waals surface area contributed by atoms with E-state index in [1.54, 1.807) is 0 Å². The van der Waals surface area contributed by atoms with Crippen molar-refractivity contribution in [2.24, 2.45) is 0 Å². The van der Waals surface area contributed by atoms with Crippen LogP contribution in [0.3, 0.4) is 0 Å². The Morgan fingerprint density at radius 1 is 1.26 bits per heavy atom. The highest BCUT2D eigenvalue weighted by atomic mass is 19.1. The van der Waals surface area contributed by atoms with Crippen LogP contribution in [0, 0.1) is 11.6 Å². The van der Waals surface area contributed by atoms with E-state index in [-0.39, 0.29) is 29.8 Å². The first-order valence-electron chi connectivity index (χ1n) is 7.03. The second-order valence-corrected chi connectivity index (χ2v) is 5.46. The van der Waals surface area contributed by atoms with Gasteiger partial charge in [0.1, 0.15) is 17.4 Å². The average molecular weight is 320 g/mol. The normalized spacial score (nSPS) is 20.7. The van der Waals surface area contributed by atoms with Crippen molar-refractivity contribution in [3.63, 3.8) is 0 Å². The summed E-state index contributed by atoms with van der Waals surface area (Å²) in [7, 11) is 0.